The number of anilines is 1. The SMILES string of the molecule is CC1(c2cccc(NC=O)c2)CCSC(N)=N1.C\C=C(CC)/C(Cl)=C(C)\C=C\Br. The van der Waals surface area contributed by atoms with E-state index < -0.39 is 0 Å². The van der Waals surface area contributed by atoms with Gasteiger partial charge < -0.3 is 11.1 Å². The van der Waals surface area contributed by atoms with Crippen LogP contribution in [-0.4, -0.2) is 17.3 Å². The molecule has 0 fully saturated rings. The second-order valence-electron chi connectivity index (χ2n) is 6.62. The fourth-order valence-corrected chi connectivity index (χ4v) is 4.49. The highest BCUT2D eigenvalue weighted by molar-refractivity contribution is 9.11. The summed E-state index contributed by atoms with van der Waals surface area (Å²) in [7, 11) is 0. The number of hydrogen-bond donors (Lipinski definition) is 2. The molecule has 0 radical (unpaired) electrons. The zero-order chi connectivity index (χ0) is 21.9. The van der Waals surface area contributed by atoms with Gasteiger partial charge in [0.25, 0.3) is 0 Å². The van der Waals surface area contributed by atoms with E-state index >= 15 is 0 Å². The van der Waals surface area contributed by atoms with Gasteiger partial charge in [-0.1, -0.05) is 70.5 Å². The Bertz CT molecular complexity index is 820. The fourth-order valence-electron chi connectivity index (χ4n) is 2.81. The molecule has 0 saturated heterocycles. The summed E-state index contributed by atoms with van der Waals surface area (Å²) in [6.45, 7) is 8.17. The summed E-state index contributed by atoms with van der Waals surface area (Å²) < 4.78 is 0. The van der Waals surface area contributed by atoms with Crippen molar-refractivity contribution < 1.29 is 4.79 Å². The molecule has 1 atom stereocenters. The van der Waals surface area contributed by atoms with E-state index in [-0.39, 0.29) is 5.54 Å². The minimum atomic E-state index is -0.282. The van der Waals surface area contributed by atoms with Crippen LogP contribution in [0.15, 0.2) is 62.6 Å². The summed E-state index contributed by atoms with van der Waals surface area (Å²) in [6.07, 6.45) is 6.59. The van der Waals surface area contributed by atoms with Crippen LogP contribution in [-0.2, 0) is 10.3 Å². The highest BCUT2D eigenvalue weighted by Crippen LogP contribution is 2.35. The minimum absolute atomic E-state index is 0.282. The number of rotatable bonds is 6. The van der Waals surface area contributed by atoms with Crippen LogP contribution in [0, 0.1) is 0 Å². The van der Waals surface area contributed by atoms with Crippen LogP contribution in [0.3, 0.4) is 0 Å². The molecule has 3 N–H and O–H groups in total. The number of thioether (sulfide) groups is 1. The van der Waals surface area contributed by atoms with Gasteiger partial charge in [0, 0.05) is 16.5 Å². The second kappa shape index (κ2) is 12.9. The lowest BCUT2D eigenvalue weighted by atomic mass is 9.89. The summed E-state index contributed by atoms with van der Waals surface area (Å²) in [5, 5.41) is 4.14. The Balaban J connectivity index is 0.000000311. The van der Waals surface area contributed by atoms with Crippen molar-refractivity contribution in [3.05, 3.63) is 63.1 Å². The molecule has 2 rings (SSSR count). The number of nitrogens with zero attached hydrogens (tertiary/aromatic N) is 1. The van der Waals surface area contributed by atoms with Gasteiger partial charge in [0.05, 0.1) is 5.54 Å². The van der Waals surface area contributed by atoms with E-state index in [2.05, 4.69) is 40.1 Å². The number of halogens is 2. The van der Waals surface area contributed by atoms with Crippen LogP contribution in [0.5, 0.6) is 0 Å². The monoisotopic (exact) mass is 497 g/mol. The normalized spacial score (nSPS) is 20.3. The first-order valence-corrected chi connectivity index (χ1v) is 11.7. The Morgan fingerprint density at radius 2 is 2.21 bits per heavy atom. The molecular formula is C22H29BrClN3OS. The van der Waals surface area contributed by atoms with Gasteiger partial charge >= 0.3 is 0 Å². The highest BCUT2D eigenvalue weighted by atomic mass is 79.9. The molecule has 0 aliphatic carbocycles. The minimum Gasteiger partial charge on any atom is -0.379 e. The van der Waals surface area contributed by atoms with Gasteiger partial charge in [0.2, 0.25) is 6.41 Å². The lowest BCUT2D eigenvalue weighted by Crippen LogP contribution is -2.28. The molecule has 158 valence electrons. The number of nitrogens with one attached hydrogen (secondary N) is 1. The number of hydrogen-bond acceptors (Lipinski definition) is 4. The van der Waals surface area contributed by atoms with Crippen LogP contribution in [0.4, 0.5) is 5.69 Å². The number of amides is 1. The number of amidine groups is 1. The summed E-state index contributed by atoms with van der Waals surface area (Å²) in [5.74, 6) is 0.969. The number of allylic oxidation sites excluding steroid dienone is 5. The molecule has 0 bridgehead atoms. The molecule has 1 aromatic carbocycles. The molecule has 1 aliphatic rings. The van der Waals surface area contributed by atoms with Gasteiger partial charge in [-0.2, -0.15) is 0 Å². The van der Waals surface area contributed by atoms with Crippen molar-refractivity contribution in [2.24, 2.45) is 10.7 Å². The van der Waals surface area contributed by atoms with Crippen LogP contribution in [0.1, 0.15) is 46.1 Å². The summed E-state index contributed by atoms with van der Waals surface area (Å²) >= 11 is 10.9. The Kier molecular flexibility index (Phi) is 11.4. The van der Waals surface area contributed by atoms with Gasteiger partial charge in [-0.3, -0.25) is 9.79 Å². The average molecular weight is 499 g/mol. The number of nitrogens with two attached hydrogens (primary N) is 1. The standard InChI is InChI=1S/C12H15N3OS.C10H14BrCl/c1-12(5-6-17-11(13)15-12)9-3-2-4-10(7-9)14-8-16;1-4-9(5-2)10(12)8(3)6-7-11/h2-4,7-8H,5-6H2,1H3,(H2,13,15)(H,14,16);4,6-7H,5H2,1-3H3/b;7-6+,9-4-,10-8+. The van der Waals surface area contributed by atoms with Crippen molar-refractivity contribution in [2.45, 2.75) is 46.1 Å². The predicted molar refractivity (Wildman–Crippen MR) is 133 cm³/mol. The van der Waals surface area contributed by atoms with Gasteiger partial charge in [-0.25, -0.2) is 0 Å². The Labute approximate surface area is 191 Å². The Morgan fingerprint density at radius 1 is 1.48 bits per heavy atom. The van der Waals surface area contributed by atoms with E-state index in [1.54, 1.807) is 11.8 Å². The predicted octanol–water partition coefficient (Wildman–Crippen LogP) is 6.69. The topological polar surface area (TPSA) is 67.5 Å². The molecule has 1 unspecified atom stereocenters. The third-order valence-corrected chi connectivity index (χ3v) is 6.18. The van der Waals surface area contributed by atoms with Crippen molar-refractivity contribution in [1.82, 2.24) is 0 Å². The van der Waals surface area contributed by atoms with Crippen LogP contribution in [0.25, 0.3) is 0 Å². The zero-order valence-electron chi connectivity index (χ0n) is 17.3. The van der Waals surface area contributed by atoms with Crippen LogP contribution < -0.4 is 11.1 Å². The maximum Gasteiger partial charge on any atom is 0.211 e. The number of aliphatic imine (C=N–C) groups is 1. The zero-order valence-corrected chi connectivity index (χ0v) is 20.5. The molecule has 1 aromatic rings. The van der Waals surface area contributed by atoms with E-state index in [4.69, 9.17) is 17.3 Å². The first-order chi connectivity index (χ1) is 13.8. The molecule has 0 spiro atoms. The van der Waals surface area contributed by atoms with E-state index in [0.717, 1.165) is 40.5 Å². The number of carbonyl (C=O) groups is 1. The smallest absolute Gasteiger partial charge is 0.211 e. The molecule has 1 heterocycles. The third kappa shape index (κ3) is 8.03. The van der Waals surface area contributed by atoms with E-state index in [1.165, 1.54) is 5.57 Å². The maximum atomic E-state index is 10.4. The number of carbonyl (C=O) groups excluding carboxylic acids is 1. The Hall–Kier alpha value is -1.50. The van der Waals surface area contributed by atoms with Crippen molar-refractivity contribution in [3.63, 3.8) is 0 Å². The third-order valence-electron chi connectivity index (χ3n) is 4.58. The largest absolute Gasteiger partial charge is 0.379 e. The van der Waals surface area contributed by atoms with Gasteiger partial charge in [-0.15, -0.1) is 0 Å². The molecule has 29 heavy (non-hydrogen) atoms. The van der Waals surface area contributed by atoms with Crippen LogP contribution in [0.2, 0.25) is 0 Å². The van der Waals surface area contributed by atoms with E-state index in [1.807, 2.05) is 55.3 Å². The quantitative estimate of drug-likeness (QED) is 0.339. The lowest BCUT2D eigenvalue weighted by molar-refractivity contribution is -0.105. The molecule has 0 saturated carbocycles. The fraction of sp³-hybridized carbons (Fsp3) is 0.364. The molecule has 4 nitrogen and oxygen atoms in total. The second-order valence-corrected chi connectivity index (χ2v) is 8.64. The van der Waals surface area contributed by atoms with Gasteiger partial charge in [0.1, 0.15) is 0 Å². The maximum absolute atomic E-state index is 10.4. The van der Waals surface area contributed by atoms with E-state index in [9.17, 15) is 4.79 Å². The van der Waals surface area contributed by atoms with Crippen molar-refractivity contribution in [2.75, 3.05) is 11.1 Å². The van der Waals surface area contributed by atoms with Gasteiger partial charge in [-0.05, 0) is 67.4 Å². The molecule has 1 amide bonds. The van der Waals surface area contributed by atoms with E-state index in [0.29, 0.717) is 11.6 Å². The molecule has 7 heteroatoms. The first-order valence-electron chi connectivity index (χ1n) is 9.38. The summed E-state index contributed by atoms with van der Waals surface area (Å²) in [6, 6.07) is 7.73. The Morgan fingerprint density at radius 3 is 2.76 bits per heavy atom. The molecule has 1 aliphatic heterocycles. The summed E-state index contributed by atoms with van der Waals surface area (Å²) in [5.41, 5.74) is 9.64. The number of benzene rings is 1. The lowest BCUT2D eigenvalue weighted by Gasteiger charge is -2.30. The first kappa shape index (κ1) is 25.5. The highest BCUT2D eigenvalue weighted by Gasteiger charge is 2.29. The molecule has 0 aromatic heterocycles. The van der Waals surface area contributed by atoms with Crippen molar-refractivity contribution in [3.8, 4) is 0 Å². The van der Waals surface area contributed by atoms with Crippen LogP contribution >= 0.6 is 39.3 Å². The van der Waals surface area contributed by atoms with Crippen molar-refractivity contribution >= 4 is 56.6 Å². The van der Waals surface area contributed by atoms with Gasteiger partial charge in [0.15, 0.2) is 5.17 Å². The molecular weight excluding hydrogens is 470 g/mol. The van der Waals surface area contributed by atoms with Crippen molar-refractivity contribution in [1.29, 1.82) is 0 Å². The summed E-state index contributed by atoms with van der Waals surface area (Å²) in [4.78, 5) is 16.8. The average Bonchev–Trinajstić information content (AvgIpc) is 2.70.